The zero-order chi connectivity index (χ0) is 26.7. The lowest BCUT2D eigenvalue weighted by atomic mass is 9.78. The van der Waals surface area contributed by atoms with Crippen LogP contribution in [0.1, 0.15) is 105 Å². The molecule has 3 aromatic rings. The number of aromatic nitrogens is 2. The normalized spacial score (nSPS) is 13.4. The summed E-state index contributed by atoms with van der Waals surface area (Å²) in [7, 11) is 0. The van der Waals surface area contributed by atoms with E-state index in [0.29, 0.717) is 23.3 Å². The molecule has 0 atom stereocenters. The molecule has 0 saturated carbocycles. The van der Waals surface area contributed by atoms with Gasteiger partial charge in [-0.2, -0.15) is 0 Å². The highest BCUT2D eigenvalue weighted by Crippen LogP contribution is 2.44. The summed E-state index contributed by atoms with van der Waals surface area (Å²) in [5.74, 6) is 1.44. The van der Waals surface area contributed by atoms with E-state index in [0.717, 1.165) is 33.4 Å². The zero-order valence-electron chi connectivity index (χ0n) is 23.5. The van der Waals surface area contributed by atoms with Gasteiger partial charge in [0.15, 0.2) is 0 Å². The van der Waals surface area contributed by atoms with Crippen LogP contribution in [0.3, 0.4) is 0 Å². The largest absolute Gasteiger partial charge is 0.507 e. The van der Waals surface area contributed by atoms with Gasteiger partial charge in [0.25, 0.3) is 0 Å². The molecule has 2 N–H and O–H groups in total. The summed E-state index contributed by atoms with van der Waals surface area (Å²) < 4.78 is 6.22. The molecule has 0 radical (unpaired) electrons. The zero-order valence-corrected chi connectivity index (χ0v) is 23.5. The van der Waals surface area contributed by atoms with Gasteiger partial charge in [0.2, 0.25) is 11.8 Å². The molecule has 1 aromatic heterocycles. The third-order valence-corrected chi connectivity index (χ3v) is 6.37. The van der Waals surface area contributed by atoms with E-state index in [4.69, 9.17) is 4.42 Å². The minimum absolute atomic E-state index is 0.261. The van der Waals surface area contributed by atoms with Gasteiger partial charge >= 0.3 is 0 Å². The molecule has 0 spiro atoms. The van der Waals surface area contributed by atoms with E-state index in [1.807, 2.05) is 24.3 Å². The van der Waals surface area contributed by atoms with Crippen molar-refractivity contribution in [3.05, 3.63) is 46.5 Å². The number of nitrogens with zero attached hydrogens (tertiary/aromatic N) is 2. The molecular formula is C30H42N2O3. The van der Waals surface area contributed by atoms with Gasteiger partial charge in [-0.1, -0.05) is 83.1 Å². The van der Waals surface area contributed by atoms with Gasteiger partial charge in [0.1, 0.15) is 11.5 Å². The number of benzene rings is 2. The van der Waals surface area contributed by atoms with Gasteiger partial charge < -0.3 is 14.6 Å². The first-order valence-electron chi connectivity index (χ1n) is 12.3. The predicted octanol–water partition coefficient (Wildman–Crippen LogP) is 8.00. The molecule has 0 fully saturated rings. The smallest absolute Gasteiger partial charge is 0.248 e. The van der Waals surface area contributed by atoms with Crippen molar-refractivity contribution in [2.75, 3.05) is 0 Å². The first-order valence-corrected chi connectivity index (χ1v) is 12.3. The summed E-state index contributed by atoms with van der Waals surface area (Å²) in [5, 5.41) is 30.9. The molecule has 3 rings (SSSR count). The van der Waals surface area contributed by atoms with Crippen molar-refractivity contribution >= 4 is 0 Å². The van der Waals surface area contributed by atoms with Gasteiger partial charge in [-0.15, -0.1) is 10.2 Å². The Labute approximate surface area is 210 Å². The predicted molar refractivity (Wildman–Crippen MR) is 143 cm³/mol. The van der Waals surface area contributed by atoms with Crippen LogP contribution in [0.15, 0.2) is 28.7 Å². The molecule has 0 bridgehead atoms. The minimum Gasteiger partial charge on any atom is -0.507 e. The maximum absolute atomic E-state index is 11.1. The third kappa shape index (κ3) is 5.39. The van der Waals surface area contributed by atoms with Gasteiger partial charge in [-0.3, -0.25) is 0 Å². The molecule has 1 heterocycles. The molecule has 0 aliphatic heterocycles. The standard InChI is InChI=1S/C30H42N2O3/c1-27(2,3)19-13-17(14-20(23(19)33)28(4,5)6)25-31-32-26(35-25)18-15-21(29(7,8)9)24(34)22(16-18)30(10,11)12/h13-16,33-34H,1-12H3. The number of rotatable bonds is 2. The molecule has 5 nitrogen and oxygen atoms in total. The van der Waals surface area contributed by atoms with E-state index < -0.39 is 0 Å². The van der Waals surface area contributed by atoms with Crippen LogP contribution in [0.25, 0.3) is 22.9 Å². The Kier molecular flexibility index (Phi) is 6.42. The molecule has 5 heteroatoms. The second-order valence-corrected chi connectivity index (χ2v) is 13.8. The van der Waals surface area contributed by atoms with E-state index in [1.54, 1.807) is 0 Å². The number of phenolic OH excluding ortho intramolecular Hbond substituents is 2. The Morgan fingerprint density at radius 1 is 0.486 bits per heavy atom. The highest BCUT2D eigenvalue weighted by molar-refractivity contribution is 5.66. The van der Waals surface area contributed by atoms with E-state index >= 15 is 0 Å². The molecule has 2 aromatic carbocycles. The summed E-state index contributed by atoms with van der Waals surface area (Å²) >= 11 is 0. The van der Waals surface area contributed by atoms with Crippen LogP contribution < -0.4 is 0 Å². The monoisotopic (exact) mass is 478 g/mol. The topological polar surface area (TPSA) is 79.4 Å². The van der Waals surface area contributed by atoms with Crippen LogP contribution in [0.5, 0.6) is 11.5 Å². The Hall–Kier alpha value is -2.82. The second-order valence-electron chi connectivity index (χ2n) is 13.8. The fourth-order valence-corrected chi connectivity index (χ4v) is 4.26. The third-order valence-electron chi connectivity index (χ3n) is 6.37. The van der Waals surface area contributed by atoms with Crippen LogP contribution in [0.2, 0.25) is 0 Å². The van der Waals surface area contributed by atoms with Crippen LogP contribution >= 0.6 is 0 Å². The molecule has 0 aliphatic rings. The fraction of sp³-hybridized carbons (Fsp3) is 0.533. The average Bonchev–Trinajstić information content (AvgIpc) is 3.14. The van der Waals surface area contributed by atoms with Crippen molar-refractivity contribution in [1.29, 1.82) is 0 Å². The molecule has 0 amide bonds. The molecule has 190 valence electrons. The lowest BCUT2D eigenvalue weighted by Crippen LogP contribution is -2.17. The number of phenols is 2. The molecule has 0 unspecified atom stereocenters. The minimum atomic E-state index is -0.261. The van der Waals surface area contributed by atoms with E-state index in [2.05, 4.69) is 93.3 Å². The van der Waals surface area contributed by atoms with Gasteiger partial charge in [-0.25, -0.2) is 0 Å². The summed E-state index contributed by atoms with van der Waals surface area (Å²) in [6.07, 6.45) is 0. The lowest BCUT2D eigenvalue weighted by Gasteiger charge is -2.28. The highest BCUT2D eigenvalue weighted by atomic mass is 16.4. The van der Waals surface area contributed by atoms with E-state index in [9.17, 15) is 10.2 Å². The average molecular weight is 479 g/mol. The molecule has 0 aliphatic carbocycles. The first-order chi connectivity index (χ1) is 15.7. The molecule has 0 saturated heterocycles. The Bertz CT molecular complexity index is 1070. The van der Waals surface area contributed by atoms with Gasteiger partial charge in [-0.05, 0) is 45.9 Å². The van der Waals surface area contributed by atoms with E-state index in [1.165, 1.54) is 0 Å². The summed E-state index contributed by atoms with van der Waals surface area (Å²) in [5.41, 5.74) is 3.88. The number of hydrogen-bond donors (Lipinski definition) is 2. The summed E-state index contributed by atoms with van der Waals surface area (Å²) in [4.78, 5) is 0. The van der Waals surface area contributed by atoms with Crippen molar-refractivity contribution in [2.45, 2.75) is 105 Å². The van der Waals surface area contributed by atoms with Crippen molar-refractivity contribution in [3.63, 3.8) is 0 Å². The van der Waals surface area contributed by atoms with Crippen LogP contribution in [-0.4, -0.2) is 20.4 Å². The first kappa shape index (κ1) is 26.8. The van der Waals surface area contributed by atoms with Crippen molar-refractivity contribution in [3.8, 4) is 34.4 Å². The van der Waals surface area contributed by atoms with E-state index in [-0.39, 0.29) is 21.7 Å². The molecule has 35 heavy (non-hydrogen) atoms. The van der Waals surface area contributed by atoms with Crippen LogP contribution in [0.4, 0.5) is 0 Å². The molecular weight excluding hydrogens is 436 g/mol. The number of hydrogen-bond acceptors (Lipinski definition) is 5. The number of aromatic hydroxyl groups is 2. The van der Waals surface area contributed by atoms with Crippen molar-refractivity contribution < 1.29 is 14.6 Å². The highest BCUT2D eigenvalue weighted by Gasteiger charge is 2.30. The van der Waals surface area contributed by atoms with Gasteiger partial charge in [0, 0.05) is 33.4 Å². The SMILES string of the molecule is CC(C)(C)c1cc(-c2nnc(-c3cc(C(C)(C)C)c(O)c(C(C)(C)C)c3)o2)cc(C(C)(C)C)c1O. The van der Waals surface area contributed by atoms with Crippen LogP contribution in [0, 0.1) is 0 Å². The summed E-state index contributed by atoms with van der Waals surface area (Å²) in [6.45, 7) is 25.0. The maximum atomic E-state index is 11.1. The Balaban J connectivity index is 2.23. The van der Waals surface area contributed by atoms with Gasteiger partial charge in [0.05, 0.1) is 0 Å². The summed E-state index contributed by atoms with van der Waals surface area (Å²) in [6, 6.07) is 7.78. The van der Waals surface area contributed by atoms with Crippen LogP contribution in [-0.2, 0) is 21.7 Å². The quantitative estimate of drug-likeness (QED) is 0.390. The van der Waals surface area contributed by atoms with Crippen molar-refractivity contribution in [1.82, 2.24) is 10.2 Å². The fourth-order valence-electron chi connectivity index (χ4n) is 4.26. The second kappa shape index (κ2) is 8.39. The lowest BCUT2D eigenvalue weighted by molar-refractivity contribution is 0.422. The van der Waals surface area contributed by atoms with Crippen molar-refractivity contribution in [2.24, 2.45) is 0 Å². The Morgan fingerprint density at radius 2 is 0.714 bits per heavy atom. The maximum Gasteiger partial charge on any atom is 0.248 e. The Morgan fingerprint density at radius 3 is 0.914 bits per heavy atom.